The van der Waals surface area contributed by atoms with Crippen LogP contribution in [0.5, 0.6) is 0 Å². The van der Waals surface area contributed by atoms with Crippen LogP contribution in [0.2, 0.25) is 0 Å². The van der Waals surface area contributed by atoms with Gasteiger partial charge in [-0.05, 0) is 54.9 Å². The number of anilines is 1. The van der Waals surface area contributed by atoms with E-state index in [0.29, 0.717) is 5.69 Å². The third-order valence-electron chi connectivity index (χ3n) is 5.96. The molecule has 30 heavy (non-hydrogen) atoms. The quantitative estimate of drug-likeness (QED) is 0.733. The second-order valence-electron chi connectivity index (χ2n) is 8.47. The van der Waals surface area contributed by atoms with E-state index in [0.717, 1.165) is 61.3 Å². The lowest BCUT2D eigenvalue weighted by Gasteiger charge is -2.33. The molecule has 0 aliphatic heterocycles. The molecule has 1 aromatic carbocycles. The molecule has 1 aromatic heterocycles. The largest absolute Gasteiger partial charge is 0.378 e. The Kier molecular flexibility index (Phi) is 6.32. The monoisotopic (exact) mass is 427 g/mol. The fourth-order valence-electron chi connectivity index (χ4n) is 4.16. The zero-order valence-electron chi connectivity index (χ0n) is 17.6. The average Bonchev–Trinajstić information content (AvgIpc) is 3.44. The van der Waals surface area contributed by atoms with Crippen molar-refractivity contribution in [3.8, 4) is 0 Å². The highest BCUT2D eigenvalue weighted by molar-refractivity contribution is 7.03. The third-order valence-corrected chi connectivity index (χ3v) is 6.46. The van der Waals surface area contributed by atoms with Crippen molar-refractivity contribution >= 4 is 29.0 Å². The van der Waals surface area contributed by atoms with Gasteiger partial charge in [-0.15, -0.1) is 5.10 Å². The first kappa shape index (κ1) is 20.8. The second kappa shape index (κ2) is 9.12. The van der Waals surface area contributed by atoms with Crippen molar-refractivity contribution in [1.29, 1.82) is 0 Å². The van der Waals surface area contributed by atoms with Gasteiger partial charge in [0.2, 0.25) is 5.91 Å². The molecule has 7 nitrogen and oxygen atoms in total. The van der Waals surface area contributed by atoms with Gasteiger partial charge in [-0.3, -0.25) is 9.59 Å². The number of amides is 2. The Morgan fingerprint density at radius 1 is 1.07 bits per heavy atom. The van der Waals surface area contributed by atoms with Crippen LogP contribution in [0.25, 0.3) is 0 Å². The highest BCUT2D eigenvalue weighted by atomic mass is 32.1. The summed E-state index contributed by atoms with van der Waals surface area (Å²) in [5, 5.41) is 8.87. The average molecular weight is 428 g/mol. The molecular weight excluding hydrogens is 398 g/mol. The molecule has 2 saturated carbocycles. The van der Waals surface area contributed by atoms with Crippen molar-refractivity contribution < 1.29 is 9.59 Å². The van der Waals surface area contributed by atoms with Gasteiger partial charge in [0.25, 0.3) is 5.91 Å². The number of aromatic nitrogens is 2. The Bertz CT molecular complexity index is 858. The van der Waals surface area contributed by atoms with E-state index in [2.05, 4.69) is 14.9 Å². The topological polar surface area (TPSA) is 78.4 Å². The SMILES string of the molecule is CN(C)c1ccc(C(C(=O)NC2CCCCC2)N(C(=O)c2csnn2)C2CC2)cc1. The van der Waals surface area contributed by atoms with Crippen LogP contribution in [0.3, 0.4) is 0 Å². The molecule has 0 saturated heterocycles. The minimum Gasteiger partial charge on any atom is -0.378 e. The highest BCUT2D eigenvalue weighted by Crippen LogP contribution is 2.36. The van der Waals surface area contributed by atoms with Gasteiger partial charge in [-0.2, -0.15) is 0 Å². The minimum atomic E-state index is -0.662. The predicted molar refractivity (Wildman–Crippen MR) is 118 cm³/mol. The van der Waals surface area contributed by atoms with Gasteiger partial charge in [0.15, 0.2) is 5.69 Å². The van der Waals surface area contributed by atoms with Crippen LogP contribution >= 0.6 is 11.5 Å². The first-order valence-corrected chi connectivity index (χ1v) is 11.6. The maximum absolute atomic E-state index is 13.5. The summed E-state index contributed by atoms with van der Waals surface area (Å²) in [6.07, 6.45) is 7.34. The van der Waals surface area contributed by atoms with E-state index < -0.39 is 6.04 Å². The molecule has 160 valence electrons. The first-order chi connectivity index (χ1) is 14.5. The van der Waals surface area contributed by atoms with Gasteiger partial charge in [0, 0.05) is 37.2 Å². The number of hydrogen-bond acceptors (Lipinski definition) is 6. The summed E-state index contributed by atoms with van der Waals surface area (Å²) in [4.78, 5) is 30.6. The van der Waals surface area contributed by atoms with Crippen LogP contribution < -0.4 is 10.2 Å². The summed E-state index contributed by atoms with van der Waals surface area (Å²) in [7, 11) is 3.97. The molecule has 1 atom stereocenters. The predicted octanol–water partition coefficient (Wildman–Crippen LogP) is 3.40. The van der Waals surface area contributed by atoms with E-state index >= 15 is 0 Å². The molecule has 2 aliphatic carbocycles. The molecule has 1 unspecified atom stereocenters. The summed E-state index contributed by atoms with van der Waals surface area (Å²) in [5.74, 6) is -0.310. The minimum absolute atomic E-state index is 0.0647. The summed E-state index contributed by atoms with van der Waals surface area (Å²) >= 11 is 1.15. The molecule has 8 heteroatoms. The molecule has 1 N–H and O–H groups in total. The number of nitrogens with one attached hydrogen (secondary N) is 1. The van der Waals surface area contributed by atoms with E-state index in [9.17, 15) is 9.59 Å². The standard InChI is InChI=1S/C22H29N5O2S/c1-26(2)17-10-8-15(9-11-17)20(21(28)23-16-6-4-3-5-7-16)27(18-12-13-18)22(29)19-14-30-25-24-19/h8-11,14,16,18,20H,3-7,12-13H2,1-2H3,(H,23,28). The van der Waals surface area contributed by atoms with E-state index in [1.165, 1.54) is 6.42 Å². The second-order valence-corrected chi connectivity index (χ2v) is 9.08. The van der Waals surface area contributed by atoms with Gasteiger partial charge in [-0.25, -0.2) is 0 Å². The van der Waals surface area contributed by atoms with Crippen LogP contribution in [-0.4, -0.2) is 52.5 Å². The lowest BCUT2D eigenvalue weighted by atomic mass is 9.94. The van der Waals surface area contributed by atoms with Gasteiger partial charge >= 0.3 is 0 Å². The molecule has 0 radical (unpaired) electrons. The first-order valence-electron chi connectivity index (χ1n) is 10.7. The Morgan fingerprint density at radius 2 is 1.77 bits per heavy atom. The van der Waals surface area contributed by atoms with Crippen molar-refractivity contribution in [3.05, 3.63) is 40.9 Å². The lowest BCUT2D eigenvalue weighted by molar-refractivity contribution is -0.127. The van der Waals surface area contributed by atoms with Crippen LogP contribution in [0.1, 0.15) is 67.0 Å². The molecule has 2 aromatic rings. The van der Waals surface area contributed by atoms with Crippen molar-refractivity contribution in [1.82, 2.24) is 19.8 Å². The number of rotatable bonds is 7. The Balaban J connectivity index is 1.66. The molecule has 1 heterocycles. The zero-order chi connectivity index (χ0) is 21.1. The molecule has 0 bridgehead atoms. The Labute approximate surface area is 181 Å². The maximum Gasteiger partial charge on any atom is 0.276 e. The van der Waals surface area contributed by atoms with Gasteiger partial charge < -0.3 is 15.1 Å². The molecule has 2 amide bonds. The van der Waals surface area contributed by atoms with Gasteiger partial charge in [0.1, 0.15) is 6.04 Å². The molecule has 0 spiro atoms. The van der Waals surface area contributed by atoms with Crippen LogP contribution in [0.4, 0.5) is 5.69 Å². The molecule has 2 fully saturated rings. The molecule has 4 rings (SSSR count). The Hall–Kier alpha value is -2.48. The van der Waals surface area contributed by atoms with Gasteiger partial charge in [-0.1, -0.05) is 35.9 Å². The number of carbonyl (C=O) groups excluding carboxylic acids is 2. The summed E-state index contributed by atoms with van der Waals surface area (Å²) in [6.45, 7) is 0. The van der Waals surface area contributed by atoms with Crippen molar-refractivity contribution in [3.63, 3.8) is 0 Å². The fourth-order valence-corrected chi connectivity index (χ4v) is 4.59. The molecular formula is C22H29N5O2S. The zero-order valence-corrected chi connectivity index (χ0v) is 18.4. The highest BCUT2D eigenvalue weighted by Gasteiger charge is 2.42. The van der Waals surface area contributed by atoms with Crippen LogP contribution in [-0.2, 0) is 4.79 Å². The summed E-state index contributed by atoms with van der Waals surface area (Å²) in [6, 6.07) is 7.50. The number of benzene rings is 1. The van der Waals surface area contributed by atoms with E-state index in [4.69, 9.17) is 0 Å². The summed E-state index contributed by atoms with van der Waals surface area (Å²) < 4.78 is 3.85. The van der Waals surface area contributed by atoms with Crippen molar-refractivity contribution in [2.45, 2.75) is 63.1 Å². The van der Waals surface area contributed by atoms with Crippen molar-refractivity contribution in [2.24, 2.45) is 0 Å². The number of hydrogen-bond donors (Lipinski definition) is 1. The van der Waals surface area contributed by atoms with Crippen molar-refractivity contribution in [2.75, 3.05) is 19.0 Å². The molecule has 2 aliphatic rings. The lowest BCUT2D eigenvalue weighted by Crippen LogP contribution is -2.48. The maximum atomic E-state index is 13.5. The van der Waals surface area contributed by atoms with E-state index in [1.807, 2.05) is 43.3 Å². The summed E-state index contributed by atoms with van der Waals surface area (Å²) in [5.41, 5.74) is 2.20. The third kappa shape index (κ3) is 4.64. The number of carbonyl (C=O) groups is 2. The van der Waals surface area contributed by atoms with Crippen LogP contribution in [0, 0.1) is 0 Å². The van der Waals surface area contributed by atoms with E-state index in [1.54, 1.807) is 10.3 Å². The fraction of sp³-hybridized carbons (Fsp3) is 0.545. The van der Waals surface area contributed by atoms with Crippen LogP contribution in [0.15, 0.2) is 29.6 Å². The van der Waals surface area contributed by atoms with Gasteiger partial charge in [0.05, 0.1) is 0 Å². The van der Waals surface area contributed by atoms with E-state index in [-0.39, 0.29) is 23.9 Å². The normalized spacial score (nSPS) is 17.9. The Morgan fingerprint density at radius 3 is 2.33 bits per heavy atom. The number of nitrogens with zero attached hydrogens (tertiary/aromatic N) is 4. The smallest absolute Gasteiger partial charge is 0.276 e.